The number of para-hydroxylation sites is 2. The molecule has 1 saturated heterocycles. The van der Waals surface area contributed by atoms with E-state index in [2.05, 4.69) is 15.6 Å². The molecule has 1 aliphatic rings. The summed E-state index contributed by atoms with van der Waals surface area (Å²) in [6, 6.07) is 8.62. The number of hydrogen-bond donors (Lipinski definition) is 1. The Morgan fingerprint density at radius 2 is 1.90 bits per heavy atom. The zero-order valence-electron chi connectivity index (χ0n) is 16.0. The molecule has 0 spiro atoms. The number of carbonyl (C=O) groups excluding carboxylic acids is 1. The Hall–Kier alpha value is -2.98. The van der Waals surface area contributed by atoms with Gasteiger partial charge >= 0.3 is 0 Å². The van der Waals surface area contributed by atoms with E-state index in [4.69, 9.17) is 0 Å². The summed E-state index contributed by atoms with van der Waals surface area (Å²) in [5.74, 6) is -0.403. The number of nitrogens with one attached hydrogen (secondary N) is 1. The summed E-state index contributed by atoms with van der Waals surface area (Å²) in [5, 5.41) is 10.6. The van der Waals surface area contributed by atoms with Crippen molar-refractivity contribution < 1.29 is 13.2 Å². The summed E-state index contributed by atoms with van der Waals surface area (Å²) in [4.78, 5) is 13.0. The number of aryl methyl sites for hydroxylation is 1. The summed E-state index contributed by atoms with van der Waals surface area (Å²) >= 11 is 0. The largest absolute Gasteiger partial charge is 0.345 e. The summed E-state index contributed by atoms with van der Waals surface area (Å²) in [7, 11) is -1.94. The SMILES string of the molecule is Cn1cc(S(=O)(=O)N2CCCCC2)cc1C(=O)Nc1ccccc1-n1ccnn1. The molecule has 0 bridgehead atoms. The van der Waals surface area contributed by atoms with Crippen LogP contribution in [0, 0.1) is 0 Å². The van der Waals surface area contributed by atoms with Gasteiger partial charge in [0.05, 0.1) is 23.8 Å². The summed E-state index contributed by atoms with van der Waals surface area (Å²) in [6.45, 7) is 1.04. The molecule has 10 heteroatoms. The number of anilines is 1. The molecular formula is C19H22N6O3S. The molecule has 1 aromatic carbocycles. The Labute approximate surface area is 169 Å². The van der Waals surface area contributed by atoms with Crippen LogP contribution < -0.4 is 5.32 Å². The first-order valence-electron chi connectivity index (χ1n) is 9.40. The normalized spacial score (nSPS) is 15.3. The van der Waals surface area contributed by atoms with E-state index < -0.39 is 15.9 Å². The maximum atomic E-state index is 12.9. The highest BCUT2D eigenvalue weighted by atomic mass is 32.2. The van der Waals surface area contributed by atoms with Crippen molar-refractivity contribution in [3.8, 4) is 5.69 Å². The van der Waals surface area contributed by atoms with Crippen LogP contribution >= 0.6 is 0 Å². The Kier molecular flexibility index (Phi) is 5.20. The third kappa shape index (κ3) is 3.81. The number of hydrogen-bond acceptors (Lipinski definition) is 5. The van der Waals surface area contributed by atoms with Crippen LogP contribution in [0.1, 0.15) is 29.8 Å². The average Bonchev–Trinajstić information content (AvgIpc) is 3.39. The number of rotatable bonds is 5. The lowest BCUT2D eigenvalue weighted by Crippen LogP contribution is -2.35. The van der Waals surface area contributed by atoms with Gasteiger partial charge in [-0.1, -0.05) is 23.8 Å². The van der Waals surface area contributed by atoms with Gasteiger partial charge in [0.2, 0.25) is 10.0 Å². The molecule has 0 radical (unpaired) electrons. The summed E-state index contributed by atoms with van der Waals surface area (Å²) in [6.07, 6.45) is 7.48. The number of amides is 1. The second-order valence-electron chi connectivity index (χ2n) is 6.96. The smallest absolute Gasteiger partial charge is 0.272 e. The third-order valence-electron chi connectivity index (χ3n) is 4.99. The molecule has 1 aliphatic heterocycles. The van der Waals surface area contributed by atoms with Crippen molar-refractivity contribution in [2.45, 2.75) is 24.2 Å². The lowest BCUT2D eigenvalue weighted by atomic mass is 10.2. The molecule has 1 amide bonds. The number of piperidine rings is 1. The van der Waals surface area contributed by atoms with Gasteiger partial charge in [-0.3, -0.25) is 4.79 Å². The molecule has 1 fully saturated rings. The van der Waals surface area contributed by atoms with Crippen LogP contribution in [0.4, 0.5) is 5.69 Å². The maximum absolute atomic E-state index is 12.9. The van der Waals surface area contributed by atoms with Gasteiger partial charge in [-0.2, -0.15) is 4.31 Å². The Morgan fingerprint density at radius 1 is 1.14 bits per heavy atom. The van der Waals surface area contributed by atoms with Gasteiger partial charge in [0.15, 0.2) is 0 Å². The number of sulfonamides is 1. The lowest BCUT2D eigenvalue weighted by Gasteiger charge is -2.25. The van der Waals surface area contributed by atoms with Crippen LogP contribution in [0.2, 0.25) is 0 Å². The molecule has 1 N–H and O–H groups in total. The van der Waals surface area contributed by atoms with E-state index in [9.17, 15) is 13.2 Å². The van der Waals surface area contributed by atoms with Gasteiger partial charge in [-0.25, -0.2) is 13.1 Å². The molecule has 152 valence electrons. The lowest BCUT2D eigenvalue weighted by molar-refractivity contribution is 0.101. The first-order valence-corrected chi connectivity index (χ1v) is 10.8. The van der Waals surface area contributed by atoms with Gasteiger partial charge in [-0.05, 0) is 31.0 Å². The van der Waals surface area contributed by atoms with E-state index in [0.717, 1.165) is 19.3 Å². The number of carbonyl (C=O) groups is 1. The Bertz CT molecular complexity index is 1110. The van der Waals surface area contributed by atoms with Crippen LogP contribution in [0.3, 0.4) is 0 Å². The van der Waals surface area contributed by atoms with E-state index >= 15 is 0 Å². The van der Waals surface area contributed by atoms with E-state index in [1.54, 1.807) is 36.3 Å². The van der Waals surface area contributed by atoms with Gasteiger partial charge in [-0.15, -0.1) is 5.10 Å². The van der Waals surface area contributed by atoms with Gasteiger partial charge in [0, 0.05) is 26.3 Å². The van der Waals surface area contributed by atoms with Crippen LogP contribution in [-0.4, -0.2) is 51.3 Å². The molecule has 9 nitrogen and oxygen atoms in total. The number of aromatic nitrogens is 4. The minimum absolute atomic E-state index is 0.136. The fourth-order valence-electron chi connectivity index (χ4n) is 3.46. The molecule has 3 heterocycles. The van der Waals surface area contributed by atoms with Crippen LogP contribution in [-0.2, 0) is 17.1 Å². The summed E-state index contributed by atoms with van der Waals surface area (Å²) in [5.41, 5.74) is 1.47. The molecule has 0 aliphatic carbocycles. The fourth-order valence-corrected chi connectivity index (χ4v) is 5.05. The molecule has 0 atom stereocenters. The molecule has 0 saturated carbocycles. The second kappa shape index (κ2) is 7.80. The first-order chi connectivity index (χ1) is 14.0. The van der Waals surface area contributed by atoms with Gasteiger partial charge in [0.25, 0.3) is 5.91 Å². The molecule has 4 rings (SSSR count). The zero-order valence-corrected chi connectivity index (χ0v) is 16.8. The molecule has 29 heavy (non-hydrogen) atoms. The number of benzene rings is 1. The van der Waals surface area contributed by atoms with Crippen molar-refractivity contribution >= 4 is 21.6 Å². The highest BCUT2D eigenvalue weighted by Gasteiger charge is 2.28. The third-order valence-corrected chi connectivity index (χ3v) is 6.85. The predicted molar refractivity (Wildman–Crippen MR) is 107 cm³/mol. The van der Waals surface area contributed by atoms with Crippen LogP contribution in [0.15, 0.2) is 53.8 Å². The van der Waals surface area contributed by atoms with Crippen molar-refractivity contribution in [3.63, 3.8) is 0 Å². The molecular weight excluding hydrogens is 392 g/mol. The van der Waals surface area contributed by atoms with E-state index in [0.29, 0.717) is 24.5 Å². The minimum atomic E-state index is -3.60. The maximum Gasteiger partial charge on any atom is 0.272 e. The predicted octanol–water partition coefficient (Wildman–Crippen LogP) is 2.03. The summed E-state index contributed by atoms with van der Waals surface area (Å²) < 4.78 is 30.4. The Balaban J connectivity index is 1.60. The van der Waals surface area contributed by atoms with E-state index in [1.165, 1.54) is 21.1 Å². The van der Waals surface area contributed by atoms with Gasteiger partial charge < -0.3 is 9.88 Å². The van der Waals surface area contributed by atoms with Crippen molar-refractivity contribution in [3.05, 3.63) is 54.6 Å². The molecule has 3 aromatic rings. The standard InChI is InChI=1S/C19H22N6O3S/c1-23-14-15(29(27,28)24-10-5-2-6-11-24)13-18(23)19(26)21-16-7-3-4-8-17(16)25-12-9-20-22-25/h3-4,7-9,12-14H,2,5-6,10-11H2,1H3,(H,21,26). The van der Waals surface area contributed by atoms with E-state index in [-0.39, 0.29) is 10.6 Å². The number of nitrogens with zero attached hydrogens (tertiary/aromatic N) is 5. The van der Waals surface area contributed by atoms with Crippen molar-refractivity contribution in [1.29, 1.82) is 0 Å². The molecule has 2 aromatic heterocycles. The highest BCUT2D eigenvalue weighted by molar-refractivity contribution is 7.89. The first kappa shape index (κ1) is 19.3. The van der Waals surface area contributed by atoms with Gasteiger partial charge in [0.1, 0.15) is 10.6 Å². The topological polar surface area (TPSA) is 102 Å². The highest BCUT2D eigenvalue weighted by Crippen LogP contribution is 2.24. The second-order valence-corrected chi connectivity index (χ2v) is 8.89. The van der Waals surface area contributed by atoms with Crippen molar-refractivity contribution in [2.24, 2.45) is 7.05 Å². The van der Waals surface area contributed by atoms with Crippen LogP contribution in [0.25, 0.3) is 5.69 Å². The average molecular weight is 414 g/mol. The minimum Gasteiger partial charge on any atom is -0.345 e. The quantitative estimate of drug-likeness (QED) is 0.688. The monoisotopic (exact) mass is 414 g/mol. The van der Waals surface area contributed by atoms with Crippen molar-refractivity contribution in [1.82, 2.24) is 23.9 Å². The van der Waals surface area contributed by atoms with Crippen molar-refractivity contribution in [2.75, 3.05) is 18.4 Å². The van der Waals surface area contributed by atoms with Crippen LogP contribution in [0.5, 0.6) is 0 Å². The Morgan fingerprint density at radius 3 is 2.62 bits per heavy atom. The molecule has 0 unspecified atom stereocenters. The fraction of sp³-hybridized carbons (Fsp3) is 0.316. The van der Waals surface area contributed by atoms with E-state index in [1.807, 2.05) is 12.1 Å². The zero-order chi connectivity index (χ0) is 20.4.